The van der Waals surface area contributed by atoms with Crippen molar-refractivity contribution in [2.24, 2.45) is 0 Å². The summed E-state index contributed by atoms with van der Waals surface area (Å²) in [4.78, 5) is 0. The molecule has 0 N–H and O–H groups in total. The highest BCUT2D eigenvalue weighted by Gasteiger charge is 1.90. The number of rotatable bonds is 0. The number of hydrogen-bond donors (Lipinski definition) is 0. The van der Waals surface area contributed by atoms with Crippen molar-refractivity contribution in [3.8, 4) is 0 Å². The zero-order valence-corrected chi connectivity index (χ0v) is 5.94. The van der Waals surface area contributed by atoms with E-state index in [9.17, 15) is 4.39 Å². The second kappa shape index (κ2) is 4.13. The standard InChI is InChI=1S/C5H5FO.C2H6/c1-4-2-3-5(6)7-4;1-2/h2-3H,1H3;1-2H3. The molecule has 2 heteroatoms. The molecule has 1 nitrogen and oxygen atoms in total. The van der Waals surface area contributed by atoms with Gasteiger partial charge in [-0.05, 0) is 13.0 Å². The van der Waals surface area contributed by atoms with Crippen LogP contribution in [0.5, 0.6) is 0 Å². The summed E-state index contributed by atoms with van der Waals surface area (Å²) < 4.78 is 16.2. The maximum Gasteiger partial charge on any atom is 0.277 e. The molecule has 0 saturated carbocycles. The van der Waals surface area contributed by atoms with Gasteiger partial charge in [0, 0.05) is 6.07 Å². The van der Waals surface area contributed by atoms with Crippen molar-refractivity contribution in [2.45, 2.75) is 20.8 Å². The third-order valence-electron chi connectivity index (χ3n) is 0.708. The first-order chi connectivity index (χ1) is 4.29. The van der Waals surface area contributed by atoms with Crippen molar-refractivity contribution in [3.05, 3.63) is 23.9 Å². The first-order valence-electron chi connectivity index (χ1n) is 3.01. The average molecular weight is 130 g/mol. The van der Waals surface area contributed by atoms with Crippen LogP contribution in [0.2, 0.25) is 0 Å². The Morgan fingerprint density at radius 1 is 1.33 bits per heavy atom. The molecular weight excluding hydrogens is 119 g/mol. The van der Waals surface area contributed by atoms with Gasteiger partial charge in [0.2, 0.25) is 0 Å². The Balaban J connectivity index is 0.000000291. The van der Waals surface area contributed by atoms with Crippen LogP contribution in [-0.4, -0.2) is 0 Å². The fourth-order valence-corrected chi connectivity index (χ4v) is 0.405. The molecule has 9 heavy (non-hydrogen) atoms. The van der Waals surface area contributed by atoms with E-state index < -0.39 is 6.01 Å². The molecule has 1 rings (SSSR count). The Labute approximate surface area is 54.5 Å². The maximum absolute atomic E-state index is 11.8. The topological polar surface area (TPSA) is 13.1 Å². The largest absolute Gasteiger partial charge is 0.437 e. The van der Waals surface area contributed by atoms with Crippen LogP contribution in [0.3, 0.4) is 0 Å². The number of aryl methyl sites for hydroxylation is 1. The Morgan fingerprint density at radius 3 is 2.00 bits per heavy atom. The van der Waals surface area contributed by atoms with Crippen molar-refractivity contribution < 1.29 is 8.81 Å². The van der Waals surface area contributed by atoms with Crippen molar-refractivity contribution in [2.75, 3.05) is 0 Å². The smallest absolute Gasteiger partial charge is 0.277 e. The molecule has 1 aromatic rings. The highest BCUT2D eigenvalue weighted by Crippen LogP contribution is 2.01. The number of hydrogen-bond acceptors (Lipinski definition) is 1. The van der Waals surface area contributed by atoms with Crippen molar-refractivity contribution in [1.82, 2.24) is 0 Å². The van der Waals surface area contributed by atoms with E-state index in [1.165, 1.54) is 6.07 Å². The van der Waals surface area contributed by atoms with Gasteiger partial charge in [-0.15, -0.1) is 0 Å². The third-order valence-corrected chi connectivity index (χ3v) is 0.708. The van der Waals surface area contributed by atoms with E-state index in [0.29, 0.717) is 5.76 Å². The molecular formula is C7H11FO. The van der Waals surface area contributed by atoms with E-state index >= 15 is 0 Å². The van der Waals surface area contributed by atoms with Crippen LogP contribution in [0.25, 0.3) is 0 Å². The van der Waals surface area contributed by atoms with Gasteiger partial charge < -0.3 is 4.42 Å². The molecule has 0 radical (unpaired) electrons. The zero-order chi connectivity index (χ0) is 7.28. The van der Waals surface area contributed by atoms with Gasteiger partial charge in [-0.1, -0.05) is 13.8 Å². The Bertz CT molecular complexity index is 141. The second-order valence-electron chi connectivity index (χ2n) is 1.35. The fourth-order valence-electron chi connectivity index (χ4n) is 0.405. The van der Waals surface area contributed by atoms with Gasteiger partial charge in [0.1, 0.15) is 5.76 Å². The molecule has 0 spiro atoms. The molecule has 0 aliphatic heterocycles. The van der Waals surface area contributed by atoms with Gasteiger partial charge in [-0.2, -0.15) is 4.39 Å². The Hall–Kier alpha value is -0.790. The molecule has 0 saturated heterocycles. The van der Waals surface area contributed by atoms with Gasteiger partial charge in [-0.25, -0.2) is 0 Å². The highest BCUT2D eigenvalue weighted by atomic mass is 19.1. The van der Waals surface area contributed by atoms with E-state index in [2.05, 4.69) is 4.42 Å². The molecule has 0 atom stereocenters. The van der Waals surface area contributed by atoms with Gasteiger partial charge in [-0.3, -0.25) is 0 Å². The zero-order valence-electron chi connectivity index (χ0n) is 5.94. The van der Waals surface area contributed by atoms with Crippen LogP contribution in [0.1, 0.15) is 19.6 Å². The summed E-state index contributed by atoms with van der Waals surface area (Å²) in [7, 11) is 0. The lowest BCUT2D eigenvalue weighted by molar-refractivity contribution is 0.346. The summed E-state index contributed by atoms with van der Waals surface area (Å²) in [6.07, 6.45) is 0. The summed E-state index contributed by atoms with van der Waals surface area (Å²) in [6.45, 7) is 5.70. The molecule has 0 amide bonds. The SMILES string of the molecule is CC.Cc1ccc(F)o1. The fraction of sp³-hybridized carbons (Fsp3) is 0.429. The Morgan fingerprint density at radius 2 is 1.89 bits per heavy atom. The lowest BCUT2D eigenvalue weighted by atomic mass is 10.5. The highest BCUT2D eigenvalue weighted by molar-refractivity contribution is 4.95. The van der Waals surface area contributed by atoms with Gasteiger partial charge >= 0.3 is 0 Å². The molecule has 0 aromatic carbocycles. The Kier molecular flexibility index (Phi) is 3.76. The van der Waals surface area contributed by atoms with Crippen molar-refractivity contribution in [3.63, 3.8) is 0 Å². The lowest BCUT2D eigenvalue weighted by Gasteiger charge is -1.72. The van der Waals surface area contributed by atoms with Gasteiger partial charge in [0.25, 0.3) is 6.01 Å². The second-order valence-corrected chi connectivity index (χ2v) is 1.35. The van der Waals surface area contributed by atoms with E-state index in [4.69, 9.17) is 0 Å². The summed E-state index contributed by atoms with van der Waals surface area (Å²) >= 11 is 0. The maximum atomic E-state index is 11.8. The number of furan rings is 1. The first kappa shape index (κ1) is 8.21. The summed E-state index contributed by atoms with van der Waals surface area (Å²) in [6, 6.07) is 2.35. The van der Waals surface area contributed by atoms with Crippen LogP contribution in [0.4, 0.5) is 4.39 Å². The van der Waals surface area contributed by atoms with Crippen LogP contribution in [-0.2, 0) is 0 Å². The quantitative estimate of drug-likeness (QED) is 0.526. The minimum absolute atomic E-state index is 0.516. The first-order valence-corrected chi connectivity index (χ1v) is 3.01. The normalized spacial score (nSPS) is 8.00. The van der Waals surface area contributed by atoms with Gasteiger partial charge in [0.05, 0.1) is 0 Å². The third kappa shape index (κ3) is 2.90. The minimum atomic E-state index is -0.516. The van der Waals surface area contributed by atoms with E-state index in [-0.39, 0.29) is 0 Å². The predicted molar refractivity (Wildman–Crippen MR) is 34.8 cm³/mol. The molecule has 1 aromatic heterocycles. The summed E-state index contributed by atoms with van der Waals surface area (Å²) in [5, 5.41) is 0. The van der Waals surface area contributed by atoms with Crippen molar-refractivity contribution >= 4 is 0 Å². The van der Waals surface area contributed by atoms with Crippen LogP contribution in [0.15, 0.2) is 16.5 Å². The predicted octanol–water partition coefficient (Wildman–Crippen LogP) is 2.75. The summed E-state index contributed by atoms with van der Waals surface area (Å²) in [5.74, 6) is 0.609. The summed E-state index contributed by atoms with van der Waals surface area (Å²) in [5.41, 5.74) is 0. The lowest BCUT2D eigenvalue weighted by Crippen LogP contribution is -1.54. The van der Waals surface area contributed by atoms with Crippen molar-refractivity contribution in [1.29, 1.82) is 0 Å². The average Bonchev–Trinajstić information content (AvgIpc) is 2.20. The van der Waals surface area contributed by atoms with Crippen LogP contribution >= 0.6 is 0 Å². The van der Waals surface area contributed by atoms with E-state index in [1.54, 1.807) is 13.0 Å². The molecule has 0 aliphatic rings. The molecule has 1 heterocycles. The molecule has 0 aliphatic carbocycles. The van der Waals surface area contributed by atoms with Gasteiger partial charge in [0.15, 0.2) is 0 Å². The molecule has 52 valence electrons. The molecule has 0 bridgehead atoms. The van der Waals surface area contributed by atoms with Crippen LogP contribution < -0.4 is 0 Å². The molecule has 0 fully saturated rings. The monoisotopic (exact) mass is 130 g/mol. The molecule has 0 unspecified atom stereocenters. The minimum Gasteiger partial charge on any atom is -0.437 e. The number of halogens is 1. The van der Waals surface area contributed by atoms with Crippen LogP contribution in [0, 0.1) is 12.9 Å². The van der Waals surface area contributed by atoms with E-state index in [1.807, 2.05) is 13.8 Å². The van der Waals surface area contributed by atoms with E-state index in [0.717, 1.165) is 0 Å².